The van der Waals surface area contributed by atoms with E-state index in [1.807, 2.05) is 0 Å². The Balaban J connectivity index is 1.16. The predicted octanol–water partition coefficient (Wildman–Crippen LogP) is 11.5. The standard InChI is InChI=1S/C54H41NSi/c1-7-20-44(21-8-1)52-32-19-33-53(45-22-9-2-10-23-45)54(52)55(46-24-11-3-12-25-46)47-38-34-42(35-39-47)43-36-40-51(41-37-43)56(48-26-13-4-14-27-48,49-28-15-5-16-29-49)50-30-17-6-18-31-50/h1-41H. The fraction of sp³-hybridized carbons (Fsp3) is 0. The first-order chi connectivity index (χ1) is 27.8. The molecule has 0 saturated heterocycles. The largest absolute Gasteiger partial charge is 0.309 e. The predicted molar refractivity (Wildman–Crippen MR) is 241 cm³/mol. The second-order valence-corrected chi connectivity index (χ2v) is 17.9. The molecule has 0 saturated carbocycles. The smallest absolute Gasteiger partial charge is 0.179 e. The third kappa shape index (κ3) is 6.57. The van der Waals surface area contributed by atoms with Crippen molar-refractivity contribution in [2.45, 2.75) is 0 Å². The van der Waals surface area contributed by atoms with E-state index >= 15 is 0 Å². The lowest BCUT2D eigenvalue weighted by Gasteiger charge is -2.34. The van der Waals surface area contributed by atoms with Crippen LogP contribution >= 0.6 is 0 Å². The van der Waals surface area contributed by atoms with E-state index in [1.54, 1.807) is 0 Å². The topological polar surface area (TPSA) is 3.24 Å². The van der Waals surface area contributed by atoms with Gasteiger partial charge in [0.25, 0.3) is 0 Å². The Hall–Kier alpha value is -7.00. The normalized spacial score (nSPS) is 11.2. The van der Waals surface area contributed by atoms with Crippen LogP contribution in [-0.2, 0) is 0 Å². The maximum atomic E-state index is 2.41. The van der Waals surface area contributed by atoms with Crippen LogP contribution in [0, 0.1) is 0 Å². The molecule has 0 bridgehead atoms. The molecule has 2 heteroatoms. The van der Waals surface area contributed by atoms with Gasteiger partial charge >= 0.3 is 0 Å². The van der Waals surface area contributed by atoms with Crippen molar-refractivity contribution < 1.29 is 0 Å². The molecule has 0 fully saturated rings. The second kappa shape index (κ2) is 15.8. The van der Waals surface area contributed by atoms with Gasteiger partial charge in [0.15, 0.2) is 8.07 Å². The lowest BCUT2D eigenvalue weighted by atomic mass is 9.94. The maximum Gasteiger partial charge on any atom is 0.179 e. The molecule has 0 aromatic heterocycles. The highest BCUT2D eigenvalue weighted by molar-refractivity contribution is 7.19. The van der Waals surface area contributed by atoms with E-state index < -0.39 is 8.07 Å². The van der Waals surface area contributed by atoms with E-state index in [0.717, 1.165) is 17.1 Å². The van der Waals surface area contributed by atoms with Crippen molar-refractivity contribution in [3.05, 3.63) is 249 Å². The van der Waals surface area contributed by atoms with Crippen LogP contribution in [0.4, 0.5) is 17.1 Å². The summed E-state index contributed by atoms with van der Waals surface area (Å²) >= 11 is 0. The molecule has 9 aromatic rings. The van der Waals surface area contributed by atoms with Gasteiger partial charge in [0.05, 0.1) is 5.69 Å². The van der Waals surface area contributed by atoms with Crippen LogP contribution in [0.2, 0.25) is 0 Å². The van der Waals surface area contributed by atoms with Gasteiger partial charge in [-0.1, -0.05) is 224 Å². The van der Waals surface area contributed by atoms with Gasteiger partial charge in [0.2, 0.25) is 0 Å². The van der Waals surface area contributed by atoms with Crippen molar-refractivity contribution in [2.75, 3.05) is 4.90 Å². The molecule has 0 N–H and O–H groups in total. The molecule has 0 heterocycles. The zero-order chi connectivity index (χ0) is 37.6. The average molecular weight is 732 g/mol. The van der Waals surface area contributed by atoms with Crippen LogP contribution in [-0.4, -0.2) is 8.07 Å². The molecule has 0 radical (unpaired) electrons. The molecule has 1 nitrogen and oxygen atoms in total. The first-order valence-electron chi connectivity index (χ1n) is 19.3. The summed E-state index contributed by atoms with van der Waals surface area (Å²) in [6, 6.07) is 90.6. The quantitative estimate of drug-likeness (QED) is 0.1000. The molecule has 0 aliphatic heterocycles. The Bertz CT molecular complexity index is 2470. The Morgan fingerprint density at radius 3 is 0.964 bits per heavy atom. The molecule has 0 unspecified atom stereocenters. The average Bonchev–Trinajstić information content (AvgIpc) is 3.29. The van der Waals surface area contributed by atoms with Gasteiger partial charge in [-0.15, -0.1) is 0 Å². The number of benzene rings is 9. The van der Waals surface area contributed by atoms with Gasteiger partial charge in [-0.05, 0) is 67.3 Å². The highest BCUT2D eigenvalue weighted by Gasteiger charge is 2.41. The molecule has 266 valence electrons. The molecule has 0 aliphatic carbocycles. The molecule has 0 spiro atoms. The summed E-state index contributed by atoms with van der Waals surface area (Å²) < 4.78 is 0. The van der Waals surface area contributed by atoms with Crippen LogP contribution in [0.15, 0.2) is 249 Å². The van der Waals surface area contributed by atoms with Crippen LogP contribution in [0.5, 0.6) is 0 Å². The van der Waals surface area contributed by atoms with Crippen LogP contribution in [0.1, 0.15) is 0 Å². The number of anilines is 3. The lowest BCUT2D eigenvalue weighted by molar-refractivity contribution is 1.28. The van der Waals surface area contributed by atoms with E-state index in [-0.39, 0.29) is 0 Å². The van der Waals surface area contributed by atoms with Crippen LogP contribution < -0.4 is 25.6 Å². The molecule has 0 aliphatic rings. The SMILES string of the molecule is c1ccc(-c2cccc(-c3ccccc3)c2N(c2ccccc2)c2ccc(-c3ccc([Si](c4ccccc4)(c4ccccc4)c4ccccc4)cc3)cc2)cc1. The van der Waals surface area contributed by atoms with Gasteiger partial charge in [-0.2, -0.15) is 0 Å². The first-order valence-corrected chi connectivity index (χ1v) is 21.3. The van der Waals surface area contributed by atoms with Crippen molar-refractivity contribution in [2.24, 2.45) is 0 Å². The summed E-state index contributed by atoms with van der Waals surface area (Å²) in [4.78, 5) is 2.41. The third-order valence-electron chi connectivity index (χ3n) is 10.8. The summed E-state index contributed by atoms with van der Waals surface area (Å²) in [6.07, 6.45) is 0. The minimum atomic E-state index is -2.60. The third-order valence-corrected chi connectivity index (χ3v) is 15.6. The number of para-hydroxylation sites is 2. The van der Waals surface area contributed by atoms with Crippen molar-refractivity contribution >= 4 is 45.9 Å². The van der Waals surface area contributed by atoms with E-state index in [4.69, 9.17) is 0 Å². The number of nitrogens with zero attached hydrogens (tertiary/aromatic N) is 1. The number of rotatable bonds is 10. The summed E-state index contributed by atoms with van der Waals surface area (Å²) in [5.41, 5.74) is 10.4. The number of hydrogen-bond acceptors (Lipinski definition) is 1. The number of hydrogen-bond donors (Lipinski definition) is 0. The van der Waals surface area contributed by atoms with Crippen molar-refractivity contribution in [3.8, 4) is 33.4 Å². The van der Waals surface area contributed by atoms with Gasteiger partial charge in [0.1, 0.15) is 0 Å². The monoisotopic (exact) mass is 731 g/mol. The maximum absolute atomic E-state index is 2.60. The van der Waals surface area contributed by atoms with E-state index in [9.17, 15) is 0 Å². The second-order valence-electron chi connectivity index (χ2n) is 14.1. The minimum absolute atomic E-state index is 1.10. The first kappa shape index (κ1) is 34.7. The fourth-order valence-electron chi connectivity index (χ4n) is 8.25. The molecule has 9 aromatic carbocycles. The van der Waals surface area contributed by atoms with Gasteiger partial charge < -0.3 is 4.90 Å². The van der Waals surface area contributed by atoms with E-state index in [2.05, 4.69) is 254 Å². The molecule has 0 atom stereocenters. The van der Waals surface area contributed by atoms with Crippen molar-refractivity contribution in [1.82, 2.24) is 0 Å². The highest BCUT2D eigenvalue weighted by atomic mass is 28.3. The van der Waals surface area contributed by atoms with E-state index in [1.165, 1.54) is 54.1 Å². The molecule has 9 rings (SSSR count). The zero-order valence-corrected chi connectivity index (χ0v) is 32.1. The summed E-state index contributed by atoms with van der Waals surface area (Å²) in [5, 5.41) is 5.49. The van der Waals surface area contributed by atoms with Crippen LogP contribution in [0.3, 0.4) is 0 Å². The fourth-order valence-corrected chi connectivity index (χ4v) is 13.0. The van der Waals surface area contributed by atoms with Crippen molar-refractivity contribution in [1.29, 1.82) is 0 Å². The Kier molecular flexibility index (Phi) is 9.78. The van der Waals surface area contributed by atoms with Gasteiger partial charge in [-0.3, -0.25) is 0 Å². The summed E-state index contributed by atoms with van der Waals surface area (Å²) in [5.74, 6) is 0. The zero-order valence-electron chi connectivity index (χ0n) is 31.1. The Labute approximate surface area is 331 Å². The van der Waals surface area contributed by atoms with Crippen LogP contribution in [0.25, 0.3) is 33.4 Å². The van der Waals surface area contributed by atoms with Crippen molar-refractivity contribution in [3.63, 3.8) is 0 Å². The van der Waals surface area contributed by atoms with Gasteiger partial charge in [-0.25, -0.2) is 0 Å². The minimum Gasteiger partial charge on any atom is -0.309 e. The summed E-state index contributed by atoms with van der Waals surface area (Å²) in [7, 11) is -2.60. The lowest BCUT2D eigenvalue weighted by Crippen LogP contribution is -2.74. The van der Waals surface area contributed by atoms with Gasteiger partial charge in [0, 0.05) is 22.5 Å². The molecular formula is C54H41NSi. The molecule has 0 amide bonds. The molecular weight excluding hydrogens is 691 g/mol. The van der Waals surface area contributed by atoms with E-state index in [0.29, 0.717) is 0 Å². The Morgan fingerprint density at radius 1 is 0.232 bits per heavy atom. The summed E-state index contributed by atoms with van der Waals surface area (Å²) in [6.45, 7) is 0. The Morgan fingerprint density at radius 2 is 0.554 bits per heavy atom. The highest BCUT2D eigenvalue weighted by Crippen LogP contribution is 2.46. The molecule has 56 heavy (non-hydrogen) atoms.